The third-order valence-electron chi connectivity index (χ3n) is 25.2. The van der Waals surface area contributed by atoms with Crippen molar-refractivity contribution < 1.29 is 0 Å². The van der Waals surface area contributed by atoms with Gasteiger partial charge >= 0.3 is 0 Å². The highest BCUT2D eigenvalue weighted by Crippen LogP contribution is 2.46. The normalized spacial score (nSPS) is 11.9. The molecular weight excluding hydrogens is 1480 g/mol. The summed E-state index contributed by atoms with van der Waals surface area (Å²) in [5.74, 6) is 0.528. The first-order valence-electron chi connectivity index (χ1n) is 41.5. The maximum atomic E-state index is 10.3. The Bertz CT molecular complexity index is 8410. The Morgan fingerprint density at radius 1 is 0.164 bits per heavy atom. The molecule has 0 amide bonds. The Morgan fingerprint density at radius 2 is 0.434 bits per heavy atom. The molecule has 9 heteroatoms. The summed E-state index contributed by atoms with van der Waals surface area (Å²) in [5, 5.41) is 24.3. The van der Waals surface area contributed by atoms with Gasteiger partial charge in [0.2, 0.25) is 0 Å². The van der Waals surface area contributed by atoms with Crippen molar-refractivity contribution >= 4 is 131 Å². The predicted octanol–water partition coefficient (Wildman–Crippen LogP) is 28.9. The van der Waals surface area contributed by atoms with Crippen LogP contribution in [-0.2, 0) is 0 Å². The van der Waals surface area contributed by atoms with Crippen LogP contribution in [0.4, 0.5) is 0 Å². The van der Waals surface area contributed by atoms with Crippen LogP contribution in [0.3, 0.4) is 0 Å². The number of fused-ring (bicyclic) bond motifs is 18. The lowest BCUT2D eigenvalue weighted by molar-refractivity contribution is 1.13. The smallest absolute Gasteiger partial charge is 0.160 e. The molecule has 0 bridgehead atoms. The van der Waals surface area contributed by atoms with E-state index in [-0.39, 0.29) is 0 Å². The van der Waals surface area contributed by atoms with Crippen molar-refractivity contribution in [2.75, 3.05) is 0 Å². The summed E-state index contributed by atoms with van der Waals surface area (Å²) in [6.45, 7) is 0. The molecule has 122 heavy (non-hydrogen) atoms. The van der Waals surface area contributed by atoms with Crippen LogP contribution in [0.25, 0.3) is 232 Å². The van der Waals surface area contributed by atoms with Gasteiger partial charge < -0.3 is 27.4 Å². The van der Waals surface area contributed by atoms with Crippen LogP contribution in [0.15, 0.2) is 419 Å². The zero-order chi connectivity index (χ0) is 80.2. The molecule has 0 atom stereocenters. The highest BCUT2D eigenvalue weighted by molar-refractivity contribution is 6.17. The van der Waals surface area contributed by atoms with Crippen molar-refractivity contribution in [2.45, 2.75) is 0 Å². The number of nitriles is 1. The van der Waals surface area contributed by atoms with Gasteiger partial charge in [0.25, 0.3) is 0 Å². The molecule has 0 fully saturated rings. The molecule has 9 nitrogen and oxygen atoms in total. The van der Waals surface area contributed by atoms with Crippen molar-refractivity contribution in [1.82, 2.24) is 37.4 Å². The lowest BCUT2D eigenvalue weighted by Gasteiger charge is -2.17. The maximum absolute atomic E-state index is 10.3. The van der Waals surface area contributed by atoms with E-state index in [1.807, 2.05) is 24.3 Å². The van der Waals surface area contributed by atoms with Crippen LogP contribution in [0.5, 0.6) is 0 Å². The highest BCUT2D eigenvalue weighted by atomic mass is 15.0. The first-order chi connectivity index (χ1) is 60.4. The summed E-state index contributed by atoms with van der Waals surface area (Å²) in [4.78, 5) is 11.3. The zero-order valence-corrected chi connectivity index (χ0v) is 65.9. The summed E-state index contributed by atoms with van der Waals surface area (Å²) < 4.78 is 14.5. The molecule has 0 spiro atoms. The minimum absolute atomic E-state index is 0.528. The lowest BCUT2D eigenvalue weighted by atomic mass is 10.0. The first kappa shape index (κ1) is 68.5. The number of hydrogen-bond donors (Lipinski definition) is 0. The summed E-state index contributed by atoms with van der Waals surface area (Å²) >= 11 is 0. The lowest BCUT2D eigenvalue weighted by Crippen LogP contribution is -2.02. The Labute approximate surface area is 700 Å². The van der Waals surface area contributed by atoms with E-state index in [0.717, 1.165) is 178 Å². The van der Waals surface area contributed by atoms with E-state index in [2.05, 4.69) is 428 Å². The summed E-state index contributed by atoms with van der Waals surface area (Å²) in [7, 11) is 0. The number of aromatic nitrogens is 8. The number of nitrogens with zero attached hydrogens (tertiary/aromatic N) is 9. The van der Waals surface area contributed by atoms with Gasteiger partial charge in [-0.05, 0) is 221 Å². The van der Waals surface area contributed by atoms with Crippen molar-refractivity contribution in [2.24, 2.45) is 0 Å². The van der Waals surface area contributed by atoms with Crippen molar-refractivity contribution in [3.8, 4) is 107 Å². The molecule has 25 aromatic rings. The Hall–Kier alpha value is -16.7. The molecule has 0 saturated carbocycles. The first-order valence-corrected chi connectivity index (χ1v) is 41.5. The average molecular weight is 1550 g/mol. The van der Waals surface area contributed by atoms with Gasteiger partial charge in [0.15, 0.2) is 5.82 Å². The molecule has 0 radical (unpaired) electrons. The van der Waals surface area contributed by atoms with Gasteiger partial charge in [0, 0.05) is 115 Å². The molecule has 7 aromatic heterocycles. The van der Waals surface area contributed by atoms with Crippen LogP contribution in [0.2, 0.25) is 0 Å². The van der Waals surface area contributed by atoms with Gasteiger partial charge in [-0.25, -0.2) is 9.97 Å². The second-order valence-electron chi connectivity index (χ2n) is 32.0. The standard InChI is InChI=1S/C113H69N9/c114-70-71-43-45-72(46-44-71)113-115-99(79-23-22-30-84(59-79)120-101-37-16-10-31-87(101)93-53-47-76(65-110(93)120)73-50-56-107-96(62-73)90-34-13-19-40-104(90)117(107)81-24-4-1-5-25-81)69-100(116-113)80-60-85(121-102-38-17-11-32-88(102)94-54-48-77(66-111(94)121)74-51-57-108-97(63-74)91-35-14-20-41-105(91)118(108)82-26-6-2-7-27-82)68-86(61-80)122-103-39-18-12-33-89(103)95-55-49-78(67-112(95)122)75-52-58-109-98(64-75)92-36-15-21-42-106(92)119(109)83-28-8-3-9-29-83/h1-69H. The topological polar surface area (TPSA) is 79.1 Å². The summed E-state index contributed by atoms with van der Waals surface area (Å²) in [6, 6.07) is 154. The Morgan fingerprint density at radius 3 is 0.803 bits per heavy atom. The molecule has 0 N–H and O–H groups in total. The van der Waals surface area contributed by atoms with Crippen LogP contribution in [0.1, 0.15) is 5.56 Å². The van der Waals surface area contributed by atoms with Crippen molar-refractivity contribution in [1.29, 1.82) is 5.26 Å². The van der Waals surface area contributed by atoms with Gasteiger partial charge in [-0.3, -0.25) is 0 Å². The molecule has 0 aliphatic rings. The van der Waals surface area contributed by atoms with E-state index in [1.54, 1.807) is 0 Å². The molecule has 25 rings (SSSR count). The fraction of sp³-hybridized carbons (Fsp3) is 0. The highest BCUT2D eigenvalue weighted by Gasteiger charge is 2.25. The molecular formula is C113H69N9. The monoisotopic (exact) mass is 1550 g/mol. The van der Waals surface area contributed by atoms with Crippen molar-refractivity contribution in [3.05, 3.63) is 424 Å². The van der Waals surface area contributed by atoms with Gasteiger partial charge in [0.05, 0.1) is 89.2 Å². The molecule has 18 aromatic carbocycles. The minimum atomic E-state index is 0.528. The third kappa shape index (κ3) is 10.7. The van der Waals surface area contributed by atoms with E-state index in [1.165, 1.54) is 48.9 Å². The molecule has 566 valence electrons. The molecule has 0 saturated heterocycles. The van der Waals surface area contributed by atoms with Crippen LogP contribution >= 0.6 is 0 Å². The maximum Gasteiger partial charge on any atom is 0.160 e. The summed E-state index contributed by atoms with van der Waals surface area (Å²) in [6.07, 6.45) is 0. The van der Waals surface area contributed by atoms with Gasteiger partial charge in [0.1, 0.15) is 0 Å². The molecule has 0 unspecified atom stereocenters. The van der Waals surface area contributed by atoms with Gasteiger partial charge in [-0.15, -0.1) is 0 Å². The number of rotatable bonds is 12. The van der Waals surface area contributed by atoms with Crippen LogP contribution in [-0.4, -0.2) is 37.4 Å². The molecule has 0 aliphatic heterocycles. The third-order valence-corrected chi connectivity index (χ3v) is 25.2. The van der Waals surface area contributed by atoms with Gasteiger partial charge in [-0.2, -0.15) is 5.26 Å². The van der Waals surface area contributed by atoms with E-state index in [0.29, 0.717) is 11.4 Å². The quantitative estimate of drug-likeness (QED) is 0.122. The number of benzene rings is 18. The molecule has 0 aliphatic carbocycles. The summed E-state index contributed by atoms with van der Waals surface area (Å²) in [5.41, 5.74) is 31.0. The SMILES string of the molecule is N#Cc1ccc(-c2nc(-c3cccc(-n4c5ccccc5c5ccc(-c6ccc7c(c6)c6ccccc6n7-c6ccccc6)cc54)c3)cc(-c3cc(-n4c5ccccc5c5ccc(-c6ccc7c(c6)c6ccccc6n7-c6ccccc6)cc54)cc(-n4c5ccccc5c5ccc(-c6ccc7c(c6)c6ccccc6n7-c6ccccc6)cc54)c3)n2)cc1. The largest absolute Gasteiger partial charge is 0.309 e. The second kappa shape index (κ2) is 27.2. The number of hydrogen-bond acceptors (Lipinski definition) is 3. The molecule has 7 heterocycles. The Kier molecular flexibility index (Phi) is 15.3. The van der Waals surface area contributed by atoms with Gasteiger partial charge in [-0.1, -0.05) is 231 Å². The Balaban J connectivity index is 0.697. The van der Waals surface area contributed by atoms with E-state index >= 15 is 0 Å². The van der Waals surface area contributed by atoms with E-state index in [4.69, 9.17) is 9.97 Å². The number of para-hydroxylation sites is 9. The fourth-order valence-corrected chi connectivity index (χ4v) is 19.7. The minimum Gasteiger partial charge on any atom is -0.309 e. The average Bonchev–Trinajstić information content (AvgIpc) is 1.49. The van der Waals surface area contributed by atoms with Crippen molar-refractivity contribution in [3.63, 3.8) is 0 Å². The second-order valence-corrected chi connectivity index (χ2v) is 32.0. The fourth-order valence-electron chi connectivity index (χ4n) is 19.7. The zero-order valence-electron chi connectivity index (χ0n) is 65.9. The van der Waals surface area contributed by atoms with Crippen LogP contribution < -0.4 is 0 Å². The van der Waals surface area contributed by atoms with E-state index < -0.39 is 0 Å². The van der Waals surface area contributed by atoms with Crippen LogP contribution in [0, 0.1) is 11.3 Å². The predicted molar refractivity (Wildman–Crippen MR) is 505 cm³/mol. The van der Waals surface area contributed by atoms with E-state index in [9.17, 15) is 5.26 Å².